The van der Waals surface area contributed by atoms with Gasteiger partial charge in [0, 0.05) is 23.9 Å². The molecule has 0 spiro atoms. The first-order valence-corrected chi connectivity index (χ1v) is 7.71. The minimum absolute atomic E-state index is 0.712. The molecule has 1 heterocycles. The molecule has 0 amide bonds. The molecular weight excluding hydrogens is 242 g/mol. The van der Waals surface area contributed by atoms with Crippen molar-refractivity contribution in [2.75, 3.05) is 20.6 Å². The molecule has 1 saturated carbocycles. The summed E-state index contributed by atoms with van der Waals surface area (Å²) in [7, 11) is 4.21. The third-order valence-electron chi connectivity index (χ3n) is 3.03. The predicted molar refractivity (Wildman–Crippen MR) is 78.0 cm³/mol. The second-order valence-corrected chi connectivity index (χ2v) is 7.12. The van der Waals surface area contributed by atoms with E-state index in [1.165, 1.54) is 28.4 Å². The van der Waals surface area contributed by atoms with Crippen LogP contribution in [0.15, 0.2) is 0 Å². The highest BCUT2D eigenvalue weighted by Gasteiger charge is 2.29. The van der Waals surface area contributed by atoms with Gasteiger partial charge in [0.25, 0.3) is 0 Å². The Kier molecular flexibility index (Phi) is 4.76. The topological polar surface area (TPSA) is 28.2 Å². The largest absolute Gasteiger partial charge is 0.312 e. The normalized spacial score (nSPS) is 15.9. The van der Waals surface area contributed by atoms with Gasteiger partial charge < -0.3 is 10.2 Å². The zero-order valence-corrected chi connectivity index (χ0v) is 12.8. The van der Waals surface area contributed by atoms with Gasteiger partial charge in [0.05, 0.1) is 5.69 Å². The molecule has 0 saturated heterocycles. The van der Waals surface area contributed by atoms with Crippen LogP contribution in [-0.2, 0) is 13.1 Å². The fourth-order valence-corrected chi connectivity index (χ4v) is 3.27. The molecule has 1 aliphatic carbocycles. The Balaban J connectivity index is 1.99. The Morgan fingerprint density at radius 3 is 2.67 bits per heavy atom. The van der Waals surface area contributed by atoms with E-state index in [9.17, 15) is 0 Å². The lowest BCUT2D eigenvalue weighted by molar-refractivity contribution is 0.401. The molecule has 1 aromatic heterocycles. The Bertz CT molecular complexity index is 380. The van der Waals surface area contributed by atoms with Crippen LogP contribution in [0.5, 0.6) is 0 Å². The fourth-order valence-electron chi connectivity index (χ4n) is 2.03. The van der Waals surface area contributed by atoms with E-state index in [-0.39, 0.29) is 0 Å². The Morgan fingerprint density at radius 1 is 1.39 bits per heavy atom. The molecule has 3 nitrogen and oxygen atoms in total. The molecule has 1 aromatic rings. The molecule has 0 radical (unpaired) electrons. The standard InChI is InChI=1S/C14H25N3S/c1-10(2)7-15-8-12-14(11-5-6-11)16-13(18-12)9-17(3)4/h10-11,15H,5-9H2,1-4H3. The zero-order chi connectivity index (χ0) is 13.1. The lowest BCUT2D eigenvalue weighted by Gasteiger charge is -2.06. The molecule has 18 heavy (non-hydrogen) atoms. The van der Waals surface area contributed by atoms with Crippen LogP contribution in [0.2, 0.25) is 0 Å². The van der Waals surface area contributed by atoms with Crippen LogP contribution in [0, 0.1) is 5.92 Å². The van der Waals surface area contributed by atoms with Gasteiger partial charge in [0.1, 0.15) is 5.01 Å². The van der Waals surface area contributed by atoms with Crippen molar-refractivity contribution in [3.63, 3.8) is 0 Å². The summed E-state index contributed by atoms with van der Waals surface area (Å²) in [6.45, 7) is 7.55. The van der Waals surface area contributed by atoms with E-state index in [1.807, 2.05) is 11.3 Å². The van der Waals surface area contributed by atoms with E-state index >= 15 is 0 Å². The first kappa shape index (κ1) is 14.0. The third-order valence-corrected chi connectivity index (χ3v) is 4.08. The van der Waals surface area contributed by atoms with Crippen molar-refractivity contribution in [2.24, 2.45) is 5.92 Å². The molecule has 1 fully saturated rings. The summed E-state index contributed by atoms with van der Waals surface area (Å²) in [5.41, 5.74) is 1.38. The van der Waals surface area contributed by atoms with Crippen molar-refractivity contribution in [1.82, 2.24) is 15.2 Å². The summed E-state index contributed by atoms with van der Waals surface area (Å²) in [5, 5.41) is 4.81. The lowest BCUT2D eigenvalue weighted by Crippen LogP contribution is -2.18. The summed E-state index contributed by atoms with van der Waals surface area (Å²) in [5.74, 6) is 1.47. The minimum atomic E-state index is 0.712. The van der Waals surface area contributed by atoms with Crippen LogP contribution >= 0.6 is 11.3 Å². The van der Waals surface area contributed by atoms with E-state index in [4.69, 9.17) is 4.98 Å². The number of rotatable bonds is 7. The van der Waals surface area contributed by atoms with Gasteiger partial charge in [-0.1, -0.05) is 13.8 Å². The number of nitrogens with zero attached hydrogens (tertiary/aromatic N) is 2. The van der Waals surface area contributed by atoms with E-state index in [2.05, 4.69) is 38.2 Å². The maximum atomic E-state index is 4.85. The van der Waals surface area contributed by atoms with Gasteiger partial charge in [-0.3, -0.25) is 0 Å². The van der Waals surface area contributed by atoms with Gasteiger partial charge in [-0.05, 0) is 39.4 Å². The maximum Gasteiger partial charge on any atom is 0.107 e. The van der Waals surface area contributed by atoms with Crippen molar-refractivity contribution < 1.29 is 0 Å². The highest BCUT2D eigenvalue weighted by atomic mass is 32.1. The average molecular weight is 267 g/mol. The summed E-state index contributed by atoms with van der Waals surface area (Å²) >= 11 is 1.89. The number of aromatic nitrogens is 1. The smallest absolute Gasteiger partial charge is 0.107 e. The first-order valence-electron chi connectivity index (χ1n) is 6.90. The minimum Gasteiger partial charge on any atom is -0.312 e. The van der Waals surface area contributed by atoms with Crippen LogP contribution < -0.4 is 5.32 Å². The van der Waals surface area contributed by atoms with Gasteiger partial charge in [-0.25, -0.2) is 4.98 Å². The molecule has 0 atom stereocenters. The number of nitrogens with one attached hydrogen (secondary N) is 1. The second-order valence-electron chi connectivity index (χ2n) is 5.95. The lowest BCUT2D eigenvalue weighted by atomic mass is 10.2. The van der Waals surface area contributed by atoms with Crippen LogP contribution in [0.25, 0.3) is 0 Å². The van der Waals surface area contributed by atoms with Gasteiger partial charge in [0.15, 0.2) is 0 Å². The highest BCUT2D eigenvalue weighted by Crippen LogP contribution is 2.42. The van der Waals surface area contributed by atoms with E-state index in [0.717, 1.165) is 25.6 Å². The maximum absolute atomic E-state index is 4.85. The fraction of sp³-hybridized carbons (Fsp3) is 0.786. The van der Waals surface area contributed by atoms with Gasteiger partial charge in [-0.2, -0.15) is 0 Å². The van der Waals surface area contributed by atoms with Crippen LogP contribution in [-0.4, -0.2) is 30.5 Å². The molecule has 4 heteroatoms. The molecule has 2 rings (SSSR count). The number of thiazole rings is 1. The zero-order valence-electron chi connectivity index (χ0n) is 12.0. The summed E-state index contributed by atoms with van der Waals surface area (Å²) in [6.07, 6.45) is 2.67. The summed E-state index contributed by atoms with van der Waals surface area (Å²) in [4.78, 5) is 8.51. The molecule has 0 aromatic carbocycles. The van der Waals surface area contributed by atoms with Gasteiger partial charge in [0.2, 0.25) is 0 Å². The van der Waals surface area contributed by atoms with Crippen LogP contribution in [0.4, 0.5) is 0 Å². The quantitative estimate of drug-likeness (QED) is 0.823. The SMILES string of the molecule is CC(C)CNCc1sc(CN(C)C)nc1C1CC1. The Morgan fingerprint density at radius 2 is 2.11 bits per heavy atom. The predicted octanol–water partition coefficient (Wildman–Crippen LogP) is 2.83. The Labute approximate surface area is 115 Å². The summed E-state index contributed by atoms with van der Waals surface area (Å²) < 4.78 is 0. The molecule has 102 valence electrons. The second kappa shape index (κ2) is 6.13. The van der Waals surface area contributed by atoms with Crippen LogP contribution in [0.1, 0.15) is 48.2 Å². The van der Waals surface area contributed by atoms with E-state index < -0.39 is 0 Å². The van der Waals surface area contributed by atoms with Crippen molar-refractivity contribution in [3.05, 3.63) is 15.6 Å². The van der Waals surface area contributed by atoms with Crippen LogP contribution in [0.3, 0.4) is 0 Å². The monoisotopic (exact) mass is 267 g/mol. The number of hydrogen-bond donors (Lipinski definition) is 1. The highest BCUT2D eigenvalue weighted by molar-refractivity contribution is 7.11. The molecule has 1 N–H and O–H groups in total. The van der Waals surface area contributed by atoms with Gasteiger partial charge >= 0.3 is 0 Å². The Hall–Kier alpha value is -0.450. The van der Waals surface area contributed by atoms with Gasteiger partial charge in [-0.15, -0.1) is 11.3 Å². The molecule has 0 unspecified atom stereocenters. The van der Waals surface area contributed by atoms with Crippen molar-refractivity contribution in [1.29, 1.82) is 0 Å². The average Bonchev–Trinajstić information content (AvgIpc) is 3.02. The molecule has 0 bridgehead atoms. The first-order chi connectivity index (χ1) is 8.56. The molecule has 0 aliphatic heterocycles. The molecular formula is C14H25N3S. The van der Waals surface area contributed by atoms with E-state index in [0.29, 0.717) is 5.92 Å². The third kappa shape index (κ3) is 4.04. The molecule has 1 aliphatic rings. The van der Waals surface area contributed by atoms with E-state index in [1.54, 1.807) is 0 Å². The van der Waals surface area contributed by atoms with Crippen molar-refractivity contribution in [2.45, 2.75) is 45.7 Å². The van der Waals surface area contributed by atoms with Crippen molar-refractivity contribution >= 4 is 11.3 Å². The number of hydrogen-bond acceptors (Lipinski definition) is 4. The van der Waals surface area contributed by atoms with Crippen molar-refractivity contribution in [3.8, 4) is 0 Å². The summed E-state index contributed by atoms with van der Waals surface area (Å²) in [6, 6.07) is 0.